The number of aromatic nitrogens is 4. The van der Waals surface area contributed by atoms with E-state index in [1.165, 1.54) is 19.3 Å². The Labute approximate surface area is 228 Å². The summed E-state index contributed by atoms with van der Waals surface area (Å²) in [6.07, 6.45) is 8.69. The number of piperidine rings is 1. The average molecular weight is 535 g/mol. The van der Waals surface area contributed by atoms with Crippen molar-refractivity contribution in [3.8, 4) is 17.3 Å². The number of ether oxygens (including phenoxy) is 1. The number of rotatable bonds is 6. The summed E-state index contributed by atoms with van der Waals surface area (Å²) in [6.45, 7) is 7.52. The molecule has 7 nitrogen and oxygen atoms in total. The summed E-state index contributed by atoms with van der Waals surface area (Å²) >= 11 is 0. The van der Waals surface area contributed by atoms with Gasteiger partial charge in [-0.25, -0.2) is 8.78 Å². The Bertz CT molecular complexity index is 1390. The zero-order chi connectivity index (χ0) is 26.7. The van der Waals surface area contributed by atoms with Crippen molar-refractivity contribution < 1.29 is 13.5 Å². The molecule has 2 unspecified atom stereocenters. The normalized spacial score (nSPS) is 28.5. The number of fused-ring (bicyclic) bond motifs is 4. The largest absolute Gasteiger partial charge is 0.461 e. The van der Waals surface area contributed by atoms with E-state index in [9.17, 15) is 4.39 Å². The highest BCUT2D eigenvalue weighted by molar-refractivity contribution is 5.92. The van der Waals surface area contributed by atoms with Crippen molar-refractivity contribution in [1.82, 2.24) is 24.8 Å². The summed E-state index contributed by atoms with van der Waals surface area (Å²) in [5, 5.41) is 0.602. The van der Waals surface area contributed by atoms with Gasteiger partial charge in [0, 0.05) is 44.0 Å². The predicted octanol–water partition coefficient (Wildman–Crippen LogP) is 5.54. The van der Waals surface area contributed by atoms with Crippen LogP contribution in [0.2, 0.25) is 0 Å². The molecule has 4 atom stereocenters. The van der Waals surface area contributed by atoms with Crippen molar-refractivity contribution in [1.29, 1.82) is 0 Å². The average Bonchev–Trinajstić information content (AvgIpc) is 3.58. The smallest absolute Gasteiger partial charge is 0.319 e. The first-order chi connectivity index (χ1) is 18.9. The molecule has 0 amide bonds. The molecule has 4 aliphatic rings. The van der Waals surface area contributed by atoms with E-state index < -0.39 is 12.0 Å². The molecule has 3 aromatic heterocycles. The maximum atomic E-state index is 16.4. The molecule has 7 rings (SSSR count). The van der Waals surface area contributed by atoms with Gasteiger partial charge in [-0.05, 0) is 68.5 Å². The Balaban J connectivity index is 1.31. The summed E-state index contributed by atoms with van der Waals surface area (Å²) in [5.41, 5.74) is 1.60. The van der Waals surface area contributed by atoms with E-state index in [1.807, 2.05) is 26.0 Å². The first-order valence-corrected chi connectivity index (χ1v) is 14.5. The van der Waals surface area contributed by atoms with Gasteiger partial charge in [-0.2, -0.15) is 9.97 Å². The van der Waals surface area contributed by atoms with Crippen LogP contribution in [0.15, 0.2) is 24.5 Å². The summed E-state index contributed by atoms with van der Waals surface area (Å²) in [4.78, 5) is 23.1. The van der Waals surface area contributed by atoms with Gasteiger partial charge in [-0.15, -0.1) is 0 Å². The van der Waals surface area contributed by atoms with Gasteiger partial charge in [0.15, 0.2) is 5.82 Å². The zero-order valence-corrected chi connectivity index (χ0v) is 22.7. The van der Waals surface area contributed by atoms with Crippen LogP contribution in [0.5, 0.6) is 6.01 Å². The minimum Gasteiger partial charge on any atom is -0.461 e. The fourth-order valence-corrected chi connectivity index (χ4v) is 7.62. The highest BCUT2D eigenvalue weighted by Crippen LogP contribution is 2.42. The van der Waals surface area contributed by atoms with Crippen molar-refractivity contribution in [3.05, 3.63) is 36.0 Å². The molecule has 4 fully saturated rings. The van der Waals surface area contributed by atoms with Gasteiger partial charge in [-0.1, -0.05) is 13.8 Å². The molecule has 0 aromatic carbocycles. The standard InChI is InChI=1S/C30H36F2N6O/c1-18(2)25-22(5-3-9-33-25)26-24(32)27-23(13-34-26)28(37-14-19-6-7-20(11-19)15-37)36-29(35-27)39-17-30-8-4-10-38(30)16-21(31)12-30/h3,5,9,13,18-21H,4,6-8,10-12,14-17H2,1-2H3/t19?,20?,21-,30+/m1/s1. The van der Waals surface area contributed by atoms with Crippen LogP contribution in [-0.2, 0) is 0 Å². The van der Waals surface area contributed by atoms with Gasteiger partial charge >= 0.3 is 6.01 Å². The van der Waals surface area contributed by atoms with E-state index in [0.717, 1.165) is 38.2 Å². The van der Waals surface area contributed by atoms with Gasteiger partial charge < -0.3 is 9.64 Å². The monoisotopic (exact) mass is 534 g/mol. The van der Waals surface area contributed by atoms with E-state index in [-0.39, 0.29) is 28.7 Å². The van der Waals surface area contributed by atoms with Crippen molar-refractivity contribution in [2.75, 3.05) is 37.7 Å². The Kier molecular flexibility index (Phi) is 6.17. The molecular formula is C30H36F2N6O. The minimum absolute atomic E-state index is 0.112. The number of nitrogens with zero attached hydrogens (tertiary/aromatic N) is 6. The number of alkyl halides is 1. The van der Waals surface area contributed by atoms with Crippen molar-refractivity contribution in [2.45, 2.75) is 70.0 Å². The van der Waals surface area contributed by atoms with Crippen LogP contribution in [0.4, 0.5) is 14.6 Å². The molecule has 6 heterocycles. The van der Waals surface area contributed by atoms with Crippen molar-refractivity contribution in [3.63, 3.8) is 0 Å². The summed E-state index contributed by atoms with van der Waals surface area (Å²) in [6, 6.07) is 3.83. The summed E-state index contributed by atoms with van der Waals surface area (Å²) in [7, 11) is 0. The summed E-state index contributed by atoms with van der Waals surface area (Å²) in [5.74, 6) is 1.58. The number of hydrogen-bond donors (Lipinski definition) is 0. The molecule has 3 saturated heterocycles. The minimum atomic E-state index is -0.841. The Hall–Kier alpha value is -2.94. The molecule has 1 aliphatic carbocycles. The van der Waals surface area contributed by atoms with Crippen LogP contribution in [0, 0.1) is 17.7 Å². The fourth-order valence-electron chi connectivity index (χ4n) is 7.62. The highest BCUT2D eigenvalue weighted by atomic mass is 19.1. The predicted molar refractivity (Wildman–Crippen MR) is 146 cm³/mol. The van der Waals surface area contributed by atoms with Gasteiger partial charge in [-0.3, -0.25) is 14.9 Å². The van der Waals surface area contributed by atoms with Crippen LogP contribution in [0.1, 0.15) is 64.0 Å². The number of halogens is 2. The molecule has 206 valence electrons. The molecule has 2 bridgehead atoms. The molecule has 3 aliphatic heterocycles. The first-order valence-electron chi connectivity index (χ1n) is 14.5. The van der Waals surface area contributed by atoms with Crippen LogP contribution in [0.3, 0.4) is 0 Å². The third-order valence-corrected chi connectivity index (χ3v) is 9.42. The lowest BCUT2D eigenvalue weighted by molar-refractivity contribution is 0.107. The molecule has 1 saturated carbocycles. The lowest BCUT2D eigenvalue weighted by Crippen LogP contribution is -2.43. The second-order valence-electron chi connectivity index (χ2n) is 12.4. The maximum absolute atomic E-state index is 16.4. The molecule has 39 heavy (non-hydrogen) atoms. The molecular weight excluding hydrogens is 498 g/mol. The van der Waals surface area contributed by atoms with Gasteiger partial charge in [0.2, 0.25) is 0 Å². The first kappa shape index (κ1) is 25.1. The van der Waals surface area contributed by atoms with E-state index >= 15 is 4.39 Å². The highest BCUT2D eigenvalue weighted by Gasteiger charge is 2.49. The van der Waals surface area contributed by atoms with E-state index in [0.29, 0.717) is 48.2 Å². The van der Waals surface area contributed by atoms with Gasteiger partial charge in [0.25, 0.3) is 0 Å². The number of hydrogen-bond acceptors (Lipinski definition) is 7. The second kappa shape index (κ2) is 9.61. The van der Waals surface area contributed by atoms with E-state index in [1.54, 1.807) is 12.4 Å². The third-order valence-electron chi connectivity index (χ3n) is 9.42. The quantitative estimate of drug-likeness (QED) is 0.411. The number of pyridine rings is 2. The molecule has 3 aromatic rings. The lowest BCUT2D eigenvalue weighted by Gasteiger charge is -2.34. The lowest BCUT2D eigenvalue weighted by atomic mass is 9.95. The Morgan fingerprint density at radius 1 is 1.13 bits per heavy atom. The van der Waals surface area contributed by atoms with Crippen LogP contribution >= 0.6 is 0 Å². The van der Waals surface area contributed by atoms with Crippen LogP contribution < -0.4 is 9.64 Å². The molecule has 0 radical (unpaired) electrons. The van der Waals surface area contributed by atoms with Gasteiger partial charge in [0.1, 0.15) is 29.8 Å². The zero-order valence-electron chi connectivity index (χ0n) is 22.7. The Morgan fingerprint density at radius 2 is 1.95 bits per heavy atom. The van der Waals surface area contributed by atoms with Crippen LogP contribution in [-0.4, -0.2) is 69.3 Å². The fraction of sp³-hybridized carbons (Fsp3) is 0.600. The Morgan fingerprint density at radius 3 is 2.74 bits per heavy atom. The maximum Gasteiger partial charge on any atom is 0.319 e. The van der Waals surface area contributed by atoms with Crippen molar-refractivity contribution >= 4 is 16.7 Å². The number of anilines is 1. The SMILES string of the molecule is CC(C)c1ncccc1-c1ncc2c(N3CC4CCC(C4)C3)nc(OC[C@@]34CCCN3C[C@H](F)C4)nc2c1F. The van der Waals surface area contributed by atoms with Crippen LogP contribution in [0.25, 0.3) is 22.2 Å². The second-order valence-corrected chi connectivity index (χ2v) is 12.4. The molecule has 0 spiro atoms. The topological polar surface area (TPSA) is 67.3 Å². The third kappa shape index (κ3) is 4.33. The van der Waals surface area contributed by atoms with Gasteiger partial charge in [0.05, 0.1) is 16.6 Å². The van der Waals surface area contributed by atoms with E-state index in [2.05, 4.69) is 24.8 Å². The molecule has 9 heteroatoms. The summed E-state index contributed by atoms with van der Waals surface area (Å²) < 4.78 is 37.0. The molecule has 0 N–H and O–H groups in total. The van der Waals surface area contributed by atoms with Crippen molar-refractivity contribution in [2.24, 2.45) is 11.8 Å². The van der Waals surface area contributed by atoms with E-state index in [4.69, 9.17) is 9.72 Å².